The number of aromatic hydroxyl groups is 1. The lowest BCUT2D eigenvalue weighted by molar-refractivity contribution is -0.144. The van der Waals surface area contributed by atoms with Crippen LogP contribution in [0.2, 0.25) is 5.02 Å². The third kappa shape index (κ3) is 6.95. The summed E-state index contributed by atoms with van der Waals surface area (Å²) in [4.78, 5) is 30.2. The molecule has 1 aromatic rings. The number of aldehydes is 1. The fraction of sp³-hybridized carbons (Fsp3) is 0.519. The largest absolute Gasteiger partial charge is 0.507 e. The number of ether oxygens (including phenoxy) is 1. The van der Waals surface area contributed by atoms with Gasteiger partial charge in [0.15, 0.2) is 6.29 Å². The van der Waals surface area contributed by atoms with Crippen molar-refractivity contribution < 1.29 is 24.3 Å². The van der Waals surface area contributed by atoms with Crippen molar-refractivity contribution in [3.8, 4) is 11.5 Å². The molecule has 192 valence electrons. The number of hydrogen-bond acceptors (Lipinski definition) is 7. The van der Waals surface area contributed by atoms with E-state index in [9.17, 15) is 14.7 Å². The van der Waals surface area contributed by atoms with Crippen molar-refractivity contribution >= 4 is 29.6 Å². The van der Waals surface area contributed by atoms with E-state index >= 15 is 0 Å². The molecule has 0 unspecified atom stereocenters. The van der Waals surface area contributed by atoms with Gasteiger partial charge in [-0.1, -0.05) is 54.4 Å². The molecule has 1 fully saturated rings. The Morgan fingerprint density at radius 3 is 2.66 bits per heavy atom. The smallest absolute Gasteiger partial charge is 0.348 e. The minimum atomic E-state index is -0.371. The van der Waals surface area contributed by atoms with Gasteiger partial charge in [-0.25, -0.2) is 4.79 Å². The van der Waals surface area contributed by atoms with Crippen LogP contribution in [0.15, 0.2) is 29.0 Å². The Kier molecular flexibility index (Phi) is 10.1. The summed E-state index contributed by atoms with van der Waals surface area (Å²) < 4.78 is 5.42. The highest BCUT2D eigenvalue weighted by molar-refractivity contribution is 6.33. The highest BCUT2D eigenvalue weighted by atomic mass is 35.5. The average Bonchev–Trinajstić information content (AvgIpc) is 2.80. The third-order valence-corrected chi connectivity index (χ3v) is 7.23. The molecule has 0 aromatic heterocycles. The molecule has 1 aliphatic rings. The minimum absolute atomic E-state index is 0.107. The van der Waals surface area contributed by atoms with E-state index in [-0.39, 0.29) is 35.2 Å². The van der Waals surface area contributed by atoms with E-state index in [4.69, 9.17) is 21.2 Å². The van der Waals surface area contributed by atoms with Gasteiger partial charge in [-0.2, -0.15) is 0 Å². The van der Waals surface area contributed by atoms with Crippen molar-refractivity contribution in [1.82, 2.24) is 4.90 Å². The minimum Gasteiger partial charge on any atom is -0.507 e. The molecule has 7 nitrogen and oxygen atoms in total. The average molecular weight is 505 g/mol. The molecule has 0 saturated heterocycles. The van der Waals surface area contributed by atoms with Crippen LogP contribution in [0.4, 0.5) is 0 Å². The summed E-state index contributed by atoms with van der Waals surface area (Å²) in [7, 11) is 5.10. The number of hydrogen-bond donors (Lipinski definition) is 1. The summed E-state index contributed by atoms with van der Waals surface area (Å²) in [6, 6.07) is 0. The fourth-order valence-electron chi connectivity index (χ4n) is 4.28. The number of phenols is 1. The lowest BCUT2D eigenvalue weighted by atomic mass is 9.67. The number of rotatable bonds is 9. The van der Waals surface area contributed by atoms with E-state index in [0.29, 0.717) is 34.6 Å². The molecule has 0 radical (unpaired) electrons. The standard InChI is InChI=1S/C27H37ClN2O5/c1-17(10-11-20-25(33)21(16-31)18(2)24(28)26(20)34-7)12-14-27(4)13-8-9-22(19(27)3)29-35-23(32)15-30(5)6/h10,12,14,16,19,33H,8-9,11,13,15H2,1-7H3/b14-12+,17-10+,29-22+/t19-,27+/m0/s1. The Morgan fingerprint density at radius 1 is 1.37 bits per heavy atom. The number of carbonyl (C=O) groups excluding carboxylic acids is 2. The molecule has 0 spiro atoms. The Labute approximate surface area is 213 Å². The molecular formula is C27H37ClN2O5. The summed E-state index contributed by atoms with van der Waals surface area (Å²) >= 11 is 6.38. The molecule has 8 heteroatoms. The lowest BCUT2D eigenvalue weighted by Gasteiger charge is -2.37. The highest BCUT2D eigenvalue weighted by Gasteiger charge is 2.36. The van der Waals surface area contributed by atoms with E-state index < -0.39 is 0 Å². The first-order valence-corrected chi connectivity index (χ1v) is 12.1. The van der Waals surface area contributed by atoms with E-state index in [1.807, 2.05) is 13.0 Å². The number of methoxy groups -OCH3 is 1. The molecule has 1 aliphatic carbocycles. The van der Waals surface area contributed by atoms with Crippen LogP contribution in [0.5, 0.6) is 11.5 Å². The summed E-state index contributed by atoms with van der Waals surface area (Å²) in [6.07, 6.45) is 9.91. The van der Waals surface area contributed by atoms with Gasteiger partial charge in [-0.05, 0) is 64.6 Å². The summed E-state index contributed by atoms with van der Waals surface area (Å²) in [5.41, 5.74) is 2.88. The van der Waals surface area contributed by atoms with Crippen molar-refractivity contribution in [1.29, 1.82) is 0 Å². The zero-order valence-electron chi connectivity index (χ0n) is 21.8. The van der Waals surface area contributed by atoms with Crippen molar-refractivity contribution in [2.75, 3.05) is 27.7 Å². The Morgan fingerprint density at radius 2 is 2.06 bits per heavy atom. The van der Waals surface area contributed by atoms with Crippen molar-refractivity contribution in [2.45, 2.75) is 53.4 Å². The van der Waals surface area contributed by atoms with Gasteiger partial charge >= 0.3 is 5.97 Å². The topological polar surface area (TPSA) is 88.4 Å². The van der Waals surface area contributed by atoms with E-state index in [1.54, 1.807) is 25.9 Å². The van der Waals surface area contributed by atoms with Crippen molar-refractivity contribution in [3.05, 3.63) is 45.5 Å². The second-order valence-corrected chi connectivity index (χ2v) is 10.1. The molecular weight excluding hydrogens is 468 g/mol. The first-order chi connectivity index (χ1) is 16.4. The van der Waals surface area contributed by atoms with Crippen LogP contribution < -0.4 is 4.74 Å². The van der Waals surface area contributed by atoms with Gasteiger partial charge in [-0.3, -0.25) is 9.69 Å². The maximum absolute atomic E-state index is 11.9. The number of carbonyl (C=O) groups is 2. The molecule has 0 heterocycles. The normalized spacial score (nSPS) is 22.1. The Hall–Kier alpha value is -2.64. The maximum atomic E-state index is 11.9. The SMILES string of the molecule is COc1c(Cl)c(C)c(C=O)c(O)c1C/C=C(C)/C=C/[C@@]1(C)CCC/C(=N\OC(=O)CN(C)C)[C@@H]1C. The molecule has 35 heavy (non-hydrogen) atoms. The second-order valence-electron chi connectivity index (χ2n) is 9.68. The number of nitrogens with zero attached hydrogens (tertiary/aromatic N) is 2. The molecule has 0 aliphatic heterocycles. The van der Waals surface area contributed by atoms with Crippen LogP contribution in [-0.4, -0.2) is 55.7 Å². The quantitative estimate of drug-likeness (QED) is 0.206. The van der Waals surface area contributed by atoms with Crippen LogP contribution in [-0.2, 0) is 16.1 Å². The zero-order valence-corrected chi connectivity index (χ0v) is 22.5. The number of phenolic OH excluding ortho intramolecular Hbond substituents is 1. The van der Waals surface area contributed by atoms with Crippen molar-refractivity contribution in [3.63, 3.8) is 0 Å². The molecule has 1 N–H and O–H groups in total. The van der Waals surface area contributed by atoms with Crippen LogP contribution in [0.25, 0.3) is 0 Å². The lowest BCUT2D eigenvalue weighted by Crippen LogP contribution is -2.34. The number of halogens is 1. The zero-order chi connectivity index (χ0) is 26.3. The van der Waals surface area contributed by atoms with Crippen LogP contribution >= 0.6 is 11.6 Å². The summed E-state index contributed by atoms with van der Waals surface area (Å²) in [5.74, 6) is 0.00807. The molecule has 0 amide bonds. The van der Waals surface area contributed by atoms with Crippen molar-refractivity contribution in [2.24, 2.45) is 16.5 Å². The molecule has 2 rings (SSSR count). The molecule has 2 atom stereocenters. The number of oxime groups is 1. The highest BCUT2D eigenvalue weighted by Crippen LogP contribution is 2.42. The van der Waals surface area contributed by atoms with Crippen LogP contribution in [0.3, 0.4) is 0 Å². The van der Waals surface area contributed by atoms with Gasteiger partial charge < -0.3 is 14.7 Å². The Bertz CT molecular complexity index is 1040. The predicted molar refractivity (Wildman–Crippen MR) is 140 cm³/mol. The molecule has 1 saturated carbocycles. The van der Waals surface area contributed by atoms with Gasteiger partial charge in [0.2, 0.25) is 0 Å². The van der Waals surface area contributed by atoms with E-state index in [0.717, 1.165) is 30.5 Å². The molecule has 0 bridgehead atoms. The van der Waals surface area contributed by atoms with E-state index in [2.05, 4.69) is 31.2 Å². The Balaban J connectivity index is 2.20. The fourth-order valence-corrected chi connectivity index (χ4v) is 4.57. The summed E-state index contributed by atoms with van der Waals surface area (Å²) in [6.45, 7) is 8.13. The van der Waals surface area contributed by atoms with E-state index in [1.165, 1.54) is 7.11 Å². The van der Waals surface area contributed by atoms with Crippen LogP contribution in [0, 0.1) is 18.3 Å². The van der Waals surface area contributed by atoms with Gasteiger partial charge in [0.05, 0.1) is 30.0 Å². The van der Waals surface area contributed by atoms with Gasteiger partial charge in [-0.15, -0.1) is 0 Å². The third-order valence-electron chi connectivity index (χ3n) is 6.77. The number of allylic oxidation sites excluding steroid dienone is 4. The molecule has 1 aromatic carbocycles. The van der Waals surface area contributed by atoms with Crippen LogP contribution in [0.1, 0.15) is 61.5 Å². The van der Waals surface area contributed by atoms with Gasteiger partial charge in [0.1, 0.15) is 11.5 Å². The second kappa shape index (κ2) is 12.4. The number of likely N-dealkylation sites (N-methyl/N-ethyl adjacent to an activating group) is 1. The monoisotopic (exact) mass is 504 g/mol. The van der Waals surface area contributed by atoms with Gasteiger partial charge in [0, 0.05) is 11.5 Å². The predicted octanol–water partition coefficient (Wildman–Crippen LogP) is 5.51. The first kappa shape index (κ1) is 28.6. The maximum Gasteiger partial charge on any atom is 0.348 e. The number of benzene rings is 1. The first-order valence-electron chi connectivity index (χ1n) is 11.8. The van der Waals surface area contributed by atoms with Gasteiger partial charge in [0.25, 0.3) is 0 Å². The summed E-state index contributed by atoms with van der Waals surface area (Å²) in [5, 5.41) is 15.1.